The normalized spacial score (nSPS) is 11.1. The Bertz CT molecular complexity index is 1100. The van der Waals surface area contributed by atoms with E-state index in [1.807, 2.05) is 24.3 Å². The maximum Gasteiger partial charge on any atom is 0.339 e. The number of carboxylic acids is 1. The van der Waals surface area contributed by atoms with Crippen molar-refractivity contribution in [1.29, 1.82) is 0 Å². The van der Waals surface area contributed by atoms with E-state index in [1.54, 1.807) is 31.2 Å². The zero-order valence-electron chi connectivity index (χ0n) is 17.5. The monoisotopic (exact) mass is 421 g/mol. The maximum atomic E-state index is 11.6. The van der Waals surface area contributed by atoms with E-state index >= 15 is 0 Å². The molecule has 1 aromatic heterocycles. The van der Waals surface area contributed by atoms with Gasteiger partial charge < -0.3 is 19.3 Å². The van der Waals surface area contributed by atoms with Crippen LogP contribution in [0, 0.1) is 6.92 Å². The van der Waals surface area contributed by atoms with Crippen LogP contribution in [0.1, 0.15) is 30.3 Å². The van der Waals surface area contributed by atoms with Crippen LogP contribution in [0.25, 0.3) is 5.57 Å². The summed E-state index contributed by atoms with van der Waals surface area (Å²) >= 11 is 0. The van der Waals surface area contributed by atoms with Crippen LogP contribution in [-0.4, -0.2) is 33.1 Å². The smallest absolute Gasteiger partial charge is 0.339 e. The van der Waals surface area contributed by atoms with Crippen molar-refractivity contribution < 1.29 is 24.1 Å². The predicted molar refractivity (Wildman–Crippen MR) is 114 cm³/mol. The number of nitrogens with zero attached hydrogens (tertiary/aromatic N) is 3. The highest BCUT2D eigenvalue weighted by atomic mass is 16.5. The molecule has 0 saturated heterocycles. The third-order valence-electron chi connectivity index (χ3n) is 4.24. The molecule has 8 heteroatoms. The number of aromatic nitrogens is 3. The van der Waals surface area contributed by atoms with Crippen LogP contribution in [0.4, 0.5) is 0 Å². The molecule has 0 saturated carbocycles. The number of methoxy groups -OCH3 is 1. The summed E-state index contributed by atoms with van der Waals surface area (Å²) in [6.45, 7) is 3.79. The average molecular weight is 421 g/mol. The van der Waals surface area contributed by atoms with E-state index in [2.05, 4.69) is 21.9 Å². The molecule has 3 rings (SSSR count). The fraction of sp³-hybridized carbons (Fsp3) is 0.217. The molecule has 1 N–H and O–H groups in total. The Kier molecular flexibility index (Phi) is 7.16. The van der Waals surface area contributed by atoms with Crippen molar-refractivity contribution in [2.75, 3.05) is 7.11 Å². The first-order valence-corrected chi connectivity index (χ1v) is 9.73. The molecule has 0 amide bonds. The molecule has 0 aliphatic rings. The van der Waals surface area contributed by atoms with Gasteiger partial charge in [0.2, 0.25) is 0 Å². The molecule has 3 aromatic rings. The van der Waals surface area contributed by atoms with Crippen LogP contribution in [0.5, 0.6) is 23.5 Å². The Balaban J connectivity index is 1.93. The van der Waals surface area contributed by atoms with Gasteiger partial charge in [-0.05, 0) is 31.0 Å². The molecular formula is C23H23N3O5. The predicted octanol–water partition coefficient (Wildman–Crippen LogP) is 4.79. The molecule has 0 aliphatic heterocycles. The number of aryl methyl sites for hydroxylation is 2. The highest BCUT2D eigenvalue weighted by molar-refractivity contribution is 6.15. The first-order valence-electron chi connectivity index (χ1n) is 9.73. The zero-order chi connectivity index (χ0) is 22.2. The highest BCUT2D eigenvalue weighted by Gasteiger charge is 2.18. The number of ether oxygens (including phenoxy) is 3. The van der Waals surface area contributed by atoms with Gasteiger partial charge in [0.05, 0.1) is 13.4 Å². The first-order chi connectivity index (χ1) is 15.0. The van der Waals surface area contributed by atoms with E-state index in [0.29, 0.717) is 17.1 Å². The summed E-state index contributed by atoms with van der Waals surface area (Å²) < 4.78 is 16.6. The average Bonchev–Trinajstić information content (AvgIpc) is 2.74. The molecule has 0 bridgehead atoms. The summed E-state index contributed by atoms with van der Waals surface area (Å²) in [6.07, 6.45) is 2.98. The third-order valence-corrected chi connectivity index (χ3v) is 4.24. The standard InChI is InChI=1S/C23H23N3O5/c1-4-9-16-10-5-7-12-19(16)30-22-24-15(2)25-23(26-22)31-20-13-8-6-11-17(20)18(14-29-3)21(27)28/h5-8,10-14H,4,9H2,1-3H3,(H,27,28)/b18-14+. The number of benzene rings is 2. The van der Waals surface area contributed by atoms with Crippen molar-refractivity contribution >= 4 is 11.5 Å². The number of para-hydroxylation sites is 2. The van der Waals surface area contributed by atoms with Gasteiger partial charge in [-0.2, -0.15) is 9.97 Å². The number of rotatable bonds is 9. The molecule has 1 heterocycles. The Hall–Kier alpha value is -3.94. The second kappa shape index (κ2) is 10.2. The number of hydrogen-bond acceptors (Lipinski definition) is 7. The molecule has 160 valence electrons. The van der Waals surface area contributed by atoms with E-state index in [1.165, 1.54) is 7.11 Å². The Morgan fingerprint density at radius 3 is 2.23 bits per heavy atom. The summed E-state index contributed by atoms with van der Waals surface area (Å²) in [5, 5.41) is 9.51. The highest BCUT2D eigenvalue weighted by Crippen LogP contribution is 2.30. The Labute approximate surface area is 180 Å². The van der Waals surface area contributed by atoms with Crippen LogP contribution >= 0.6 is 0 Å². The summed E-state index contributed by atoms with van der Waals surface area (Å²) in [6, 6.07) is 14.4. The molecule has 8 nitrogen and oxygen atoms in total. The van der Waals surface area contributed by atoms with Crippen molar-refractivity contribution in [2.24, 2.45) is 0 Å². The van der Waals surface area contributed by atoms with Gasteiger partial charge in [-0.25, -0.2) is 4.79 Å². The molecule has 31 heavy (non-hydrogen) atoms. The van der Waals surface area contributed by atoms with E-state index in [-0.39, 0.29) is 23.3 Å². The number of carboxylic acid groups (broad SMARTS) is 1. The van der Waals surface area contributed by atoms with Crippen LogP contribution in [0.15, 0.2) is 54.8 Å². The SMILES string of the molecule is CCCc1ccccc1Oc1nc(C)nc(Oc2ccccc2/C(=C\OC)C(=O)O)n1. The van der Waals surface area contributed by atoms with Gasteiger partial charge in [0, 0.05) is 5.56 Å². The van der Waals surface area contributed by atoms with Crippen LogP contribution in [0.3, 0.4) is 0 Å². The van der Waals surface area contributed by atoms with Crippen LogP contribution in [0.2, 0.25) is 0 Å². The lowest BCUT2D eigenvalue weighted by Gasteiger charge is -2.12. The summed E-state index contributed by atoms with van der Waals surface area (Å²) in [7, 11) is 1.38. The number of aliphatic carboxylic acids is 1. The molecule has 0 fully saturated rings. The lowest BCUT2D eigenvalue weighted by atomic mass is 10.1. The second-order valence-corrected chi connectivity index (χ2v) is 6.58. The van der Waals surface area contributed by atoms with E-state index < -0.39 is 5.97 Å². The van der Waals surface area contributed by atoms with Gasteiger partial charge >= 0.3 is 18.0 Å². The van der Waals surface area contributed by atoms with Gasteiger partial charge in [0.15, 0.2) is 0 Å². The molecule has 0 unspecified atom stereocenters. The fourth-order valence-corrected chi connectivity index (χ4v) is 2.93. The van der Waals surface area contributed by atoms with E-state index in [9.17, 15) is 9.90 Å². The van der Waals surface area contributed by atoms with Crippen molar-refractivity contribution in [3.8, 4) is 23.5 Å². The molecule has 0 spiro atoms. The van der Waals surface area contributed by atoms with Gasteiger partial charge in [0.25, 0.3) is 0 Å². The minimum absolute atomic E-state index is 0.00919. The minimum atomic E-state index is -1.15. The van der Waals surface area contributed by atoms with Gasteiger partial charge in [0.1, 0.15) is 22.9 Å². The summed E-state index contributed by atoms with van der Waals surface area (Å²) in [5.74, 6) is 0.172. The molecular weight excluding hydrogens is 398 g/mol. The second-order valence-electron chi connectivity index (χ2n) is 6.58. The Morgan fingerprint density at radius 1 is 0.968 bits per heavy atom. The topological polar surface area (TPSA) is 104 Å². The lowest BCUT2D eigenvalue weighted by Crippen LogP contribution is -2.05. The minimum Gasteiger partial charge on any atom is -0.503 e. The molecule has 2 aromatic carbocycles. The lowest BCUT2D eigenvalue weighted by molar-refractivity contribution is -0.130. The number of carbonyl (C=O) groups is 1. The largest absolute Gasteiger partial charge is 0.503 e. The van der Waals surface area contributed by atoms with Crippen molar-refractivity contribution in [3.05, 3.63) is 71.7 Å². The van der Waals surface area contributed by atoms with E-state index in [0.717, 1.165) is 24.7 Å². The van der Waals surface area contributed by atoms with Gasteiger partial charge in [-0.3, -0.25) is 0 Å². The third kappa shape index (κ3) is 5.57. The van der Waals surface area contributed by atoms with Gasteiger partial charge in [-0.1, -0.05) is 49.7 Å². The van der Waals surface area contributed by atoms with Crippen molar-refractivity contribution in [2.45, 2.75) is 26.7 Å². The Morgan fingerprint density at radius 2 is 1.58 bits per heavy atom. The quantitative estimate of drug-likeness (QED) is 0.388. The van der Waals surface area contributed by atoms with Crippen LogP contribution < -0.4 is 9.47 Å². The fourth-order valence-electron chi connectivity index (χ4n) is 2.93. The van der Waals surface area contributed by atoms with E-state index in [4.69, 9.17) is 14.2 Å². The summed E-state index contributed by atoms with van der Waals surface area (Å²) in [4.78, 5) is 24.3. The molecule has 0 aliphatic carbocycles. The van der Waals surface area contributed by atoms with Crippen molar-refractivity contribution in [1.82, 2.24) is 15.0 Å². The van der Waals surface area contributed by atoms with Crippen LogP contribution in [-0.2, 0) is 16.0 Å². The van der Waals surface area contributed by atoms with Gasteiger partial charge in [-0.15, -0.1) is 4.98 Å². The molecule has 0 atom stereocenters. The number of hydrogen-bond donors (Lipinski definition) is 1. The summed E-state index contributed by atoms with van der Waals surface area (Å²) in [5.41, 5.74) is 1.31. The van der Waals surface area contributed by atoms with Crippen molar-refractivity contribution in [3.63, 3.8) is 0 Å². The maximum absolute atomic E-state index is 11.6. The first kappa shape index (κ1) is 21.8. The molecule has 0 radical (unpaired) electrons. The zero-order valence-corrected chi connectivity index (χ0v) is 17.5.